The van der Waals surface area contributed by atoms with Crippen LogP contribution in [0.1, 0.15) is 32.1 Å². The first-order chi connectivity index (χ1) is 9.97. The molecule has 1 fully saturated rings. The van der Waals surface area contributed by atoms with Gasteiger partial charge in [-0.1, -0.05) is 24.4 Å². The van der Waals surface area contributed by atoms with Gasteiger partial charge in [-0.2, -0.15) is 0 Å². The van der Waals surface area contributed by atoms with Crippen molar-refractivity contribution in [3.05, 3.63) is 23.2 Å². The molecule has 2 rings (SSSR count). The Hall–Kier alpha value is -1.75. The number of benzene rings is 1. The van der Waals surface area contributed by atoms with Crippen molar-refractivity contribution >= 4 is 29.2 Å². The second-order valence-electron chi connectivity index (χ2n) is 5.36. The highest BCUT2D eigenvalue weighted by Gasteiger charge is 2.43. The molecule has 1 saturated carbocycles. The lowest BCUT2D eigenvalue weighted by Gasteiger charge is -2.23. The molecule has 21 heavy (non-hydrogen) atoms. The highest BCUT2D eigenvalue weighted by atomic mass is 35.5. The number of carbonyl (C=O) groups is 2. The summed E-state index contributed by atoms with van der Waals surface area (Å²) in [6, 6.07) is 4.90. The predicted octanol–water partition coefficient (Wildman–Crippen LogP) is 3.32. The number of hydrogen-bond donors (Lipinski definition) is 2. The van der Waals surface area contributed by atoms with Crippen molar-refractivity contribution in [2.24, 2.45) is 5.41 Å². The summed E-state index contributed by atoms with van der Waals surface area (Å²) in [6.45, 7) is 0. The summed E-state index contributed by atoms with van der Waals surface area (Å²) < 4.78 is 5.15. The van der Waals surface area contributed by atoms with Crippen molar-refractivity contribution in [1.29, 1.82) is 0 Å². The molecule has 1 aliphatic rings. The van der Waals surface area contributed by atoms with Crippen LogP contribution in [0, 0.1) is 5.41 Å². The van der Waals surface area contributed by atoms with E-state index in [9.17, 15) is 14.7 Å². The van der Waals surface area contributed by atoms with Gasteiger partial charge in [0.2, 0.25) is 5.91 Å². The van der Waals surface area contributed by atoms with E-state index in [1.54, 1.807) is 18.2 Å². The number of aliphatic carboxylic acids is 1. The van der Waals surface area contributed by atoms with Gasteiger partial charge in [0.05, 0.1) is 18.2 Å². The molecule has 0 aromatic heterocycles. The van der Waals surface area contributed by atoms with E-state index < -0.39 is 11.4 Å². The molecular formula is C15H18ClNO4. The molecule has 0 unspecified atom stereocenters. The average Bonchev–Trinajstić information content (AvgIpc) is 2.88. The number of halogens is 1. The Morgan fingerprint density at radius 2 is 2.05 bits per heavy atom. The lowest BCUT2D eigenvalue weighted by atomic mass is 9.82. The SMILES string of the molecule is COc1ccc(Cl)cc1NC(=O)CC1(C(=O)O)CCCC1. The van der Waals surface area contributed by atoms with E-state index in [1.807, 2.05) is 0 Å². The van der Waals surface area contributed by atoms with E-state index in [0.29, 0.717) is 29.3 Å². The third kappa shape index (κ3) is 3.47. The van der Waals surface area contributed by atoms with Gasteiger partial charge in [0, 0.05) is 11.4 Å². The van der Waals surface area contributed by atoms with E-state index in [2.05, 4.69) is 5.32 Å². The van der Waals surface area contributed by atoms with Gasteiger partial charge in [-0.05, 0) is 31.0 Å². The third-order valence-electron chi connectivity index (χ3n) is 3.95. The highest BCUT2D eigenvalue weighted by molar-refractivity contribution is 6.31. The van der Waals surface area contributed by atoms with E-state index in [1.165, 1.54) is 7.11 Å². The van der Waals surface area contributed by atoms with Crippen LogP contribution >= 0.6 is 11.6 Å². The minimum Gasteiger partial charge on any atom is -0.495 e. The smallest absolute Gasteiger partial charge is 0.310 e. The summed E-state index contributed by atoms with van der Waals surface area (Å²) in [5.41, 5.74) is -0.482. The molecule has 5 nitrogen and oxygen atoms in total. The minimum absolute atomic E-state index is 0.0298. The first-order valence-corrected chi connectivity index (χ1v) is 7.21. The highest BCUT2D eigenvalue weighted by Crippen LogP contribution is 2.41. The fourth-order valence-corrected chi connectivity index (χ4v) is 2.97. The molecule has 1 aromatic carbocycles. The van der Waals surface area contributed by atoms with Crippen LogP contribution in [-0.4, -0.2) is 24.1 Å². The van der Waals surface area contributed by atoms with Crippen molar-refractivity contribution in [2.45, 2.75) is 32.1 Å². The Labute approximate surface area is 128 Å². The molecule has 0 bridgehead atoms. The fourth-order valence-electron chi connectivity index (χ4n) is 2.80. The molecule has 114 valence electrons. The van der Waals surface area contributed by atoms with Gasteiger partial charge in [-0.15, -0.1) is 0 Å². The lowest BCUT2D eigenvalue weighted by Crippen LogP contribution is -2.32. The van der Waals surface area contributed by atoms with E-state index in [-0.39, 0.29) is 12.3 Å². The maximum atomic E-state index is 12.2. The summed E-state index contributed by atoms with van der Waals surface area (Å²) in [7, 11) is 1.49. The lowest BCUT2D eigenvalue weighted by molar-refractivity contribution is -0.150. The van der Waals surface area contributed by atoms with E-state index in [4.69, 9.17) is 16.3 Å². The quantitative estimate of drug-likeness (QED) is 0.874. The molecule has 0 saturated heterocycles. The number of ether oxygens (including phenoxy) is 1. The minimum atomic E-state index is -0.935. The van der Waals surface area contributed by atoms with Crippen LogP contribution in [0.25, 0.3) is 0 Å². The zero-order chi connectivity index (χ0) is 15.5. The predicted molar refractivity (Wildman–Crippen MR) is 79.8 cm³/mol. The van der Waals surface area contributed by atoms with Gasteiger partial charge in [0.15, 0.2) is 0 Å². The Balaban J connectivity index is 2.11. The number of amides is 1. The van der Waals surface area contributed by atoms with Crippen LogP contribution < -0.4 is 10.1 Å². The Kier molecular flexibility index (Phi) is 4.73. The molecule has 0 atom stereocenters. The third-order valence-corrected chi connectivity index (χ3v) is 4.18. The van der Waals surface area contributed by atoms with Crippen LogP contribution in [0.4, 0.5) is 5.69 Å². The van der Waals surface area contributed by atoms with Crippen LogP contribution in [0.15, 0.2) is 18.2 Å². The van der Waals surface area contributed by atoms with Crippen molar-refractivity contribution in [3.8, 4) is 5.75 Å². The molecule has 0 spiro atoms. The Morgan fingerprint density at radius 1 is 1.38 bits per heavy atom. The van der Waals surface area contributed by atoms with Gasteiger partial charge >= 0.3 is 5.97 Å². The maximum Gasteiger partial charge on any atom is 0.310 e. The maximum absolute atomic E-state index is 12.2. The van der Waals surface area contributed by atoms with Gasteiger partial charge < -0.3 is 15.2 Å². The van der Waals surface area contributed by atoms with Gasteiger partial charge in [-0.25, -0.2) is 0 Å². The standard InChI is InChI=1S/C15H18ClNO4/c1-21-12-5-4-10(16)8-11(12)17-13(18)9-15(14(19)20)6-2-3-7-15/h4-5,8H,2-3,6-7,9H2,1H3,(H,17,18)(H,19,20). The van der Waals surface area contributed by atoms with Crippen LogP contribution in [-0.2, 0) is 9.59 Å². The van der Waals surface area contributed by atoms with Crippen molar-refractivity contribution in [2.75, 3.05) is 12.4 Å². The Bertz CT molecular complexity index is 553. The molecule has 1 amide bonds. The molecule has 0 heterocycles. The van der Waals surface area contributed by atoms with Gasteiger partial charge in [-0.3, -0.25) is 9.59 Å². The molecule has 1 aromatic rings. The zero-order valence-corrected chi connectivity index (χ0v) is 12.6. The van der Waals surface area contributed by atoms with Crippen LogP contribution in [0.2, 0.25) is 5.02 Å². The number of carboxylic acids is 1. The second kappa shape index (κ2) is 6.35. The molecule has 6 heteroatoms. The molecule has 1 aliphatic carbocycles. The number of anilines is 1. The summed E-state index contributed by atoms with van der Waals surface area (Å²) in [5.74, 6) is -0.739. The number of methoxy groups -OCH3 is 1. The molecule has 2 N–H and O–H groups in total. The average molecular weight is 312 g/mol. The van der Waals surface area contributed by atoms with Crippen LogP contribution in [0.3, 0.4) is 0 Å². The number of nitrogens with one attached hydrogen (secondary N) is 1. The zero-order valence-electron chi connectivity index (χ0n) is 11.8. The number of carboxylic acid groups (broad SMARTS) is 1. The van der Waals surface area contributed by atoms with Crippen molar-refractivity contribution < 1.29 is 19.4 Å². The summed E-state index contributed by atoms with van der Waals surface area (Å²) in [6.07, 6.45) is 2.75. The Morgan fingerprint density at radius 3 is 2.62 bits per heavy atom. The van der Waals surface area contributed by atoms with E-state index >= 15 is 0 Å². The summed E-state index contributed by atoms with van der Waals surface area (Å²) >= 11 is 5.90. The fraction of sp³-hybridized carbons (Fsp3) is 0.467. The molecule has 0 aliphatic heterocycles. The van der Waals surface area contributed by atoms with Crippen LogP contribution in [0.5, 0.6) is 5.75 Å². The number of rotatable bonds is 5. The molecular weight excluding hydrogens is 294 g/mol. The van der Waals surface area contributed by atoms with Crippen molar-refractivity contribution in [1.82, 2.24) is 0 Å². The topological polar surface area (TPSA) is 75.6 Å². The second-order valence-corrected chi connectivity index (χ2v) is 5.80. The molecule has 0 radical (unpaired) electrons. The number of hydrogen-bond acceptors (Lipinski definition) is 3. The largest absolute Gasteiger partial charge is 0.495 e. The summed E-state index contributed by atoms with van der Waals surface area (Å²) in [4.78, 5) is 23.6. The number of carbonyl (C=O) groups excluding carboxylic acids is 1. The first kappa shape index (κ1) is 15.6. The van der Waals surface area contributed by atoms with Crippen molar-refractivity contribution in [3.63, 3.8) is 0 Å². The van der Waals surface area contributed by atoms with E-state index in [0.717, 1.165) is 12.8 Å². The normalized spacial score (nSPS) is 16.5. The monoisotopic (exact) mass is 311 g/mol. The summed E-state index contributed by atoms with van der Waals surface area (Å²) in [5, 5.41) is 12.6. The first-order valence-electron chi connectivity index (χ1n) is 6.84. The van der Waals surface area contributed by atoms with Gasteiger partial charge in [0.1, 0.15) is 5.75 Å². The van der Waals surface area contributed by atoms with Gasteiger partial charge in [0.25, 0.3) is 0 Å².